The third-order valence-electron chi connectivity index (χ3n) is 8.08. The molecule has 0 aliphatic carbocycles. The number of aromatic nitrogens is 2. The molecule has 44 heavy (non-hydrogen) atoms. The van der Waals surface area contributed by atoms with Crippen molar-refractivity contribution in [3.8, 4) is 17.1 Å². The maximum absolute atomic E-state index is 12.5. The maximum atomic E-state index is 12.5. The van der Waals surface area contributed by atoms with E-state index in [-0.39, 0.29) is 11.9 Å². The number of rotatable bonds is 13. The zero-order valence-electron chi connectivity index (χ0n) is 24.8. The molecule has 0 bridgehead atoms. The van der Waals surface area contributed by atoms with E-state index in [0.29, 0.717) is 31.7 Å². The normalized spacial score (nSPS) is 14.1. The molecule has 8 heteroatoms. The van der Waals surface area contributed by atoms with Gasteiger partial charge in [0.25, 0.3) is 0 Å². The molecule has 0 unspecified atom stereocenters. The highest BCUT2D eigenvalue weighted by Crippen LogP contribution is 2.31. The number of likely N-dealkylation sites (tertiary alicyclic amines) is 1. The molecule has 3 heterocycles. The molecule has 1 saturated heterocycles. The van der Waals surface area contributed by atoms with Crippen LogP contribution in [0.3, 0.4) is 0 Å². The van der Waals surface area contributed by atoms with Crippen LogP contribution in [0.25, 0.3) is 22.4 Å². The van der Waals surface area contributed by atoms with Crippen molar-refractivity contribution in [2.24, 2.45) is 0 Å². The SMILES string of the molecule is O=C(Cc1ccccc1)Cc1ccc(CCNc2ncnc3oc(-c4ccc(OCCN5CCC(O)CC5)cc4)cc23)cc1. The fraction of sp³-hybridized carbons (Fsp3) is 0.306. The lowest BCUT2D eigenvalue weighted by atomic mass is 10.0. The highest BCUT2D eigenvalue weighted by molar-refractivity contribution is 5.89. The van der Waals surface area contributed by atoms with Crippen LogP contribution in [0.5, 0.6) is 5.75 Å². The topological polar surface area (TPSA) is 101 Å². The first-order chi connectivity index (χ1) is 21.6. The third-order valence-corrected chi connectivity index (χ3v) is 8.08. The highest BCUT2D eigenvalue weighted by Gasteiger charge is 2.17. The molecular weight excluding hydrogens is 552 g/mol. The van der Waals surface area contributed by atoms with Crippen molar-refractivity contribution in [1.82, 2.24) is 14.9 Å². The largest absolute Gasteiger partial charge is 0.492 e. The van der Waals surface area contributed by atoms with Crippen LogP contribution in [0.4, 0.5) is 5.82 Å². The van der Waals surface area contributed by atoms with Gasteiger partial charge in [0.1, 0.15) is 36.0 Å². The standard InChI is InChI=1S/C36H38N4O4/c41-30-15-18-40(19-16-30)20-21-43-32-12-10-29(11-13-32)34-24-33-35(38-25-39-36(33)44-34)37-17-14-26-6-8-28(9-7-26)23-31(42)22-27-4-2-1-3-5-27/h1-13,24-25,30,41H,14-23H2,(H,37,38,39). The van der Waals surface area contributed by atoms with Gasteiger partial charge in [-0.3, -0.25) is 9.69 Å². The van der Waals surface area contributed by atoms with E-state index in [9.17, 15) is 9.90 Å². The lowest BCUT2D eigenvalue weighted by Crippen LogP contribution is -2.38. The second-order valence-electron chi connectivity index (χ2n) is 11.4. The van der Waals surface area contributed by atoms with Gasteiger partial charge in [-0.15, -0.1) is 0 Å². The molecule has 1 aliphatic heterocycles. The van der Waals surface area contributed by atoms with Crippen molar-refractivity contribution in [2.75, 3.05) is 38.1 Å². The van der Waals surface area contributed by atoms with Gasteiger partial charge in [0.05, 0.1) is 11.5 Å². The van der Waals surface area contributed by atoms with Gasteiger partial charge in [-0.05, 0) is 66.3 Å². The number of fused-ring (bicyclic) bond motifs is 1. The zero-order chi connectivity index (χ0) is 30.1. The number of nitrogens with one attached hydrogen (secondary N) is 1. The molecule has 1 fully saturated rings. The molecule has 0 atom stereocenters. The fourth-order valence-electron chi connectivity index (χ4n) is 5.55. The van der Waals surface area contributed by atoms with E-state index >= 15 is 0 Å². The van der Waals surface area contributed by atoms with Crippen LogP contribution in [0.15, 0.2) is 95.7 Å². The zero-order valence-corrected chi connectivity index (χ0v) is 24.8. The number of furan rings is 1. The Morgan fingerprint density at radius 2 is 1.61 bits per heavy atom. The van der Waals surface area contributed by atoms with Gasteiger partial charge in [-0.2, -0.15) is 0 Å². The first-order valence-electron chi connectivity index (χ1n) is 15.3. The number of hydrogen-bond acceptors (Lipinski definition) is 8. The van der Waals surface area contributed by atoms with Gasteiger partial charge in [-0.25, -0.2) is 9.97 Å². The average Bonchev–Trinajstić information content (AvgIpc) is 3.49. The summed E-state index contributed by atoms with van der Waals surface area (Å²) in [6, 6.07) is 28.0. The Morgan fingerprint density at radius 3 is 2.36 bits per heavy atom. The first-order valence-corrected chi connectivity index (χ1v) is 15.3. The van der Waals surface area contributed by atoms with Crippen LogP contribution >= 0.6 is 0 Å². The molecule has 3 aromatic carbocycles. The minimum Gasteiger partial charge on any atom is -0.492 e. The molecule has 1 aliphatic rings. The predicted molar refractivity (Wildman–Crippen MR) is 172 cm³/mol. The number of anilines is 1. The molecule has 0 spiro atoms. The summed E-state index contributed by atoms with van der Waals surface area (Å²) in [6.45, 7) is 4.00. The number of aliphatic hydroxyl groups is 1. The van der Waals surface area contributed by atoms with Crippen LogP contribution in [0.1, 0.15) is 29.5 Å². The van der Waals surface area contributed by atoms with Crippen molar-refractivity contribution in [3.05, 3.63) is 108 Å². The number of nitrogens with zero attached hydrogens (tertiary/aromatic N) is 3. The molecule has 6 rings (SSSR count). The number of hydrogen-bond donors (Lipinski definition) is 2. The molecule has 0 saturated carbocycles. The van der Waals surface area contributed by atoms with Gasteiger partial charge in [-0.1, -0.05) is 54.6 Å². The third kappa shape index (κ3) is 7.89. The second-order valence-corrected chi connectivity index (χ2v) is 11.4. The summed E-state index contributed by atoms with van der Waals surface area (Å²) in [5, 5.41) is 13.9. The maximum Gasteiger partial charge on any atom is 0.231 e. The van der Waals surface area contributed by atoms with E-state index in [4.69, 9.17) is 9.15 Å². The number of benzene rings is 3. The quantitative estimate of drug-likeness (QED) is 0.179. The molecule has 5 aromatic rings. The lowest BCUT2D eigenvalue weighted by Gasteiger charge is -2.29. The number of carbonyl (C=O) groups excluding carboxylic acids is 1. The van der Waals surface area contributed by atoms with Crippen LogP contribution in [0.2, 0.25) is 0 Å². The lowest BCUT2D eigenvalue weighted by molar-refractivity contribution is -0.117. The smallest absolute Gasteiger partial charge is 0.231 e. The average molecular weight is 591 g/mol. The summed E-state index contributed by atoms with van der Waals surface area (Å²) in [7, 11) is 0. The summed E-state index contributed by atoms with van der Waals surface area (Å²) in [5.41, 5.74) is 4.74. The number of piperidine rings is 1. The minimum absolute atomic E-state index is 0.158. The molecule has 2 aromatic heterocycles. The molecule has 226 valence electrons. The highest BCUT2D eigenvalue weighted by atomic mass is 16.5. The number of ketones is 1. The fourth-order valence-corrected chi connectivity index (χ4v) is 5.55. The minimum atomic E-state index is -0.158. The summed E-state index contributed by atoms with van der Waals surface area (Å²) < 4.78 is 12.0. The first kappa shape index (κ1) is 29.5. The van der Waals surface area contributed by atoms with E-state index in [0.717, 1.165) is 78.3 Å². The molecule has 0 amide bonds. The molecule has 2 N–H and O–H groups in total. The van der Waals surface area contributed by atoms with Crippen LogP contribution in [-0.2, 0) is 24.1 Å². The number of aliphatic hydroxyl groups excluding tert-OH is 1. The van der Waals surface area contributed by atoms with Crippen molar-refractivity contribution >= 4 is 22.7 Å². The summed E-state index contributed by atoms with van der Waals surface area (Å²) in [5.74, 6) is 2.49. The number of ether oxygens (including phenoxy) is 1. The van der Waals surface area contributed by atoms with Gasteiger partial charge >= 0.3 is 0 Å². The van der Waals surface area contributed by atoms with Crippen LogP contribution in [0, 0.1) is 0 Å². The van der Waals surface area contributed by atoms with Gasteiger partial charge in [0.15, 0.2) is 0 Å². The van der Waals surface area contributed by atoms with E-state index in [1.54, 1.807) is 0 Å². The monoisotopic (exact) mass is 590 g/mol. The van der Waals surface area contributed by atoms with Gasteiger partial charge in [0, 0.05) is 44.6 Å². The van der Waals surface area contributed by atoms with Crippen molar-refractivity contribution < 1.29 is 19.1 Å². The van der Waals surface area contributed by atoms with E-state index < -0.39 is 0 Å². The molecule has 8 nitrogen and oxygen atoms in total. The number of Topliss-reactive ketones (excluding diaryl/α,β-unsaturated/α-hetero) is 1. The Kier molecular flexibility index (Phi) is 9.60. The summed E-state index contributed by atoms with van der Waals surface area (Å²) in [6.07, 6.45) is 4.74. The van der Waals surface area contributed by atoms with E-state index in [1.165, 1.54) is 11.9 Å². The van der Waals surface area contributed by atoms with Crippen molar-refractivity contribution in [2.45, 2.75) is 38.2 Å². The predicted octanol–water partition coefficient (Wildman–Crippen LogP) is 5.73. The Labute approximate surface area is 257 Å². The number of carbonyl (C=O) groups is 1. The van der Waals surface area contributed by atoms with Crippen LogP contribution in [-0.4, -0.2) is 64.6 Å². The van der Waals surface area contributed by atoms with Gasteiger partial charge < -0.3 is 19.6 Å². The Hall–Kier alpha value is -4.53. The Bertz CT molecular complexity index is 1640. The summed E-state index contributed by atoms with van der Waals surface area (Å²) >= 11 is 0. The van der Waals surface area contributed by atoms with E-state index in [1.807, 2.05) is 72.8 Å². The van der Waals surface area contributed by atoms with Crippen molar-refractivity contribution in [1.29, 1.82) is 0 Å². The Balaban J connectivity index is 0.993. The second kappa shape index (κ2) is 14.3. The van der Waals surface area contributed by atoms with Gasteiger partial charge in [0.2, 0.25) is 5.71 Å². The molecular formula is C36H38N4O4. The van der Waals surface area contributed by atoms with Crippen LogP contribution < -0.4 is 10.1 Å². The Morgan fingerprint density at radius 1 is 0.909 bits per heavy atom. The summed E-state index contributed by atoms with van der Waals surface area (Å²) in [4.78, 5) is 23.6. The van der Waals surface area contributed by atoms with Crippen molar-refractivity contribution in [3.63, 3.8) is 0 Å². The molecule has 0 radical (unpaired) electrons. The van der Waals surface area contributed by atoms with E-state index in [2.05, 4.69) is 32.3 Å².